The van der Waals surface area contributed by atoms with Crippen LogP contribution >= 0.6 is 0 Å². The van der Waals surface area contributed by atoms with Gasteiger partial charge in [-0.1, -0.05) is 6.07 Å². The van der Waals surface area contributed by atoms with Gasteiger partial charge in [-0.2, -0.15) is 0 Å². The summed E-state index contributed by atoms with van der Waals surface area (Å²) in [6.07, 6.45) is 3.18. The van der Waals surface area contributed by atoms with Gasteiger partial charge in [-0.15, -0.1) is 0 Å². The van der Waals surface area contributed by atoms with E-state index in [1.807, 2.05) is 18.2 Å². The van der Waals surface area contributed by atoms with Crippen LogP contribution in [0.4, 0.5) is 0 Å². The zero-order valence-electron chi connectivity index (χ0n) is 10.9. The Morgan fingerprint density at radius 1 is 1.47 bits per heavy atom. The number of ether oxygens (including phenoxy) is 1. The lowest BCUT2D eigenvalue weighted by molar-refractivity contribution is 0.0893. The molecule has 0 aliphatic heterocycles. The third kappa shape index (κ3) is 3.20. The lowest BCUT2D eigenvalue weighted by Crippen LogP contribution is -2.32. The summed E-state index contributed by atoms with van der Waals surface area (Å²) >= 11 is 0. The highest BCUT2D eigenvalue weighted by atomic mass is 16.5. The molecular weight excluding hydrogens is 244 g/mol. The smallest absolute Gasteiger partial charge is 0.255 e. The van der Waals surface area contributed by atoms with E-state index in [9.17, 15) is 4.79 Å². The minimum atomic E-state index is -0.284. The lowest BCUT2D eigenvalue weighted by atomic mass is 10.1. The maximum atomic E-state index is 12.1. The van der Waals surface area contributed by atoms with Crippen LogP contribution in [-0.4, -0.2) is 24.6 Å². The Bertz CT molecular complexity index is 537. The predicted molar refractivity (Wildman–Crippen MR) is 69.8 cm³/mol. The molecule has 0 radical (unpaired) electrons. The maximum Gasteiger partial charge on any atom is 0.255 e. The normalized spacial score (nSPS) is 12.1. The molecule has 2 heterocycles. The van der Waals surface area contributed by atoms with Gasteiger partial charge in [-0.25, -0.2) is 0 Å². The Hall–Kier alpha value is -2.14. The highest BCUT2D eigenvalue weighted by Gasteiger charge is 2.18. The van der Waals surface area contributed by atoms with Gasteiger partial charge in [0.05, 0.1) is 30.2 Å². The monoisotopic (exact) mass is 260 g/mol. The number of aromatic nitrogens is 1. The fourth-order valence-corrected chi connectivity index (χ4v) is 1.81. The highest BCUT2D eigenvalue weighted by molar-refractivity contribution is 5.95. The molecule has 0 aromatic carbocycles. The van der Waals surface area contributed by atoms with Gasteiger partial charge >= 0.3 is 0 Å². The second kappa shape index (κ2) is 6.15. The van der Waals surface area contributed by atoms with Crippen molar-refractivity contribution in [1.82, 2.24) is 10.3 Å². The van der Waals surface area contributed by atoms with Crippen LogP contribution in [0, 0.1) is 6.92 Å². The molecule has 2 aromatic rings. The molecule has 100 valence electrons. The van der Waals surface area contributed by atoms with Crippen LogP contribution in [0.5, 0.6) is 0 Å². The molecule has 0 aliphatic carbocycles. The number of methoxy groups -OCH3 is 1. The molecule has 19 heavy (non-hydrogen) atoms. The fraction of sp³-hybridized carbons (Fsp3) is 0.286. The molecule has 0 spiro atoms. The van der Waals surface area contributed by atoms with Gasteiger partial charge in [0.2, 0.25) is 0 Å². The largest absolute Gasteiger partial charge is 0.469 e. The van der Waals surface area contributed by atoms with Gasteiger partial charge in [0.25, 0.3) is 5.91 Å². The van der Waals surface area contributed by atoms with E-state index in [-0.39, 0.29) is 11.9 Å². The number of carbonyl (C=O) groups is 1. The molecular formula is C14H16N2O3. The van der Waals surface area contributed by atoms with E-state index in [0.29, 0.717) is 17.9 Å². The van der Waals surface area contributed by atoms with E-state index in [1.54, 1.807) is 26.3 Å². The van der Waals surface area contributed by atoms with E-state index in [2.05, 4.69) is 10.3 Å². The summed E-state index contributed by atoms with van der Waals surface area (Å²) in [6.45, 7) is 2.11. The van der Waals surface area contributed by atoms with Crippen LogP contribution in [0.1, 0.15) is 27.9 Å². The second-order valence-corrected chi connectivity index (χ2v) is 4.13. The first-order valence-electron chi connectivity index (χ1n) is 5.97. The Labute approximate surface area is 111 Å². The van der Waals surface area contributed by atoms with Gasteiger partial charge in [-0.05, 0) is 25.1 Å². The maximum absolute atomic E-state index is 12.1. The zero-order valence-corrected chi connectivity index (χ0v) is 10.9. The average molecular weight is 260 g/mol. The van der Waals surface area contributed by atoms with E-state index >= 15 is 0 Å². The lowest BCUT2D eigenvalue weighted by Gasteiger charge is -2.17. The predicted octanol–water partition coefficient (Wildman–Crippen LogP) is 2.10. The van der Waals surface area contributed by atoms with Crippen molar-refractivity contribution in [1.29, 1.82) is 0 Å². The molecule has 2 rings (SSSR count). The number of hydrogen-bond donors (Lipinski definition) is 1. The van der Waals surface area contributed by atoms with E-state index in [0.717, 1.165) is 5.69 Å². The summed E-state index contributed by atoms with van der Waals surface area (Å²) < 4.78 is 10.3. The first-order chi connectivity index (χ1) is 9.22. The van der Waals surface area contributed by atoms with Crippen molar-refractivity contribution in [3.8, 4) is 0 Å². The minimum Gasteiger partial charge on any atom is -0.469 e. The van der Waals surface area contributed by atoms with Crippen molar-refractivity contribution in [2.75, 3.05) is 13.7 Å². The Morgan fingerprint density at radius 3 is 2.89 bits per heavy atom. The topological polar surface area (TPSA) is 64.4 Å². The zero-order chi connectivity index (χ0) is 13.7. The number of pyridine rings is 1. The number of amides is 1. The van der Waals surface area contributed by atoms with Crippen molar-refractivity contribution in [2.45, 2.75) is 13.0 Å². The van der Waals surface area contributed by atoms with Crippen LogP contribution in [0.25, 0.3) is 0 Å². The molecule has 1 N–H and O–H groups in total. The molecule has 0 aliphatic rings. The van der Waals surface area contributed by atoms with Crippen molar-refractivity contribution in [2.24, 2.45) is 0 Å². The molecule has 5 heteroatoms. The number of nitrogens with zero attached hydrogens (tertiary/aromatic N) is 1. The van der Waals surface area contributed by atoms with Crippen molar-refractivity contribution in [3.63, 3.8) is 0 Å². The molecule has 1 amide bonds. The van der Waals surface area contributed by atoms with Crippen LogP contribution in [-0.2, 0) is 4.74 Å². The van der Waals surface area contributed by atoms with E-state index < -0.39 is 0 Å². The third-order valence-corrected chi connectivity index (χ3v) is 2.79. The van der Waals surface area contributed by atoms with Gasteiger partial charge in [-0.3, -0.25) is 9.78 Å². The Balaban J connectivity index is 2.14. The third-order valence-electron chi connectivity index (χ3n) is 2.79. The number of furan rings is 1. The number of carbonyl (C=O) groups excluding carboxylic acids is 1. The fourth-order valence-electron chi connectivity index (χ4n) is 1.81. The second-order valence-electron chi connectivity index (χ2n) is 4.13. The molecule has 0 saturated heterocycles. The number of rotatable bonds is 5. The first kappa shape index (κ1) is 13.3. The standard InChI is InChI=1S/C14H16N2O3/c1-10-11(6-8-19-10)14(17)16-13(9-18-2)12-5-3-4-7-15-12/h3-8,13H,9H2,1-2H3,(H,16,17)/t13-/m1/s1. The van der Waals surface area contributed by atoms with Crippen LogP contribution in [0.3, 0.4) is 0 Å². The number of hydrogen-bond acceptors (Lipinski definition) is 4. The SMILES string of the molecule is COC[C@@H](NC(=O)c1ccoc1C)c1ccccn1. The summed E-state index contributed by atoms with van der Waals surface area (Å²) in [4.78, 5) is 16.4. The molecule has 5 nitrogen and oxygen atoms in total. The van der Waals surface area contributed by atoms with E-state index in [1.165, 1.54) is 6.26 Å². The quantitative estimate of drug-likeness (QED) is 0.894. The van der Waals surface area contributed by atoms with Gasteiger partial charge in [0.1, 0.15) is 5.76 Å². The Morgan fingerprint density at radius 2 is 2.32 bits per heavy atom. The summed E-state index contributed by atoms with van der Waals surface area (Å²) in [7, 11) is 1.59. The summed E-state index contributed by atoms with van der Waals surface area (Å²) in [5.74, 6) is 0.397. The van der Waals surface area contributed by atoms with Crippen LogP contribution in [0.2, 0.25) is 0 Å². The Kier molecular flexibility index (Phi) is 4.30. The molecule has 1 atom stereocenters. The average Bonchev–Trinajstić information content (AvgIpc) is 2.85. The van der Waals surface area contributed by atoms with Crippen LogP contribution < -0.4 is 5.32 Å². The summed E-state index contributed by atoms with van der Waals surface area (Å²) in [5, 5.41) is 2.89. The number of nitrogens with one attached hydrogen (secondary N) is 1. The van der Waals surface area contributed by atoms with Crippen molar-refractivity contribution < 1.29 is 13.9 Å². The van der Waals surface area contributed by atoms with Gasteiger partial charge in [0.15, 0.2) is 0 Å². The molecule has 2 aromatic heterocycles. The van der Waals surface area contributed by atoms with Crippen molar-refractivity contribution in [3.05, 3.63) is 53.7 Å². The molecule has 0 unspecified atom stereocenters. The van der Waals surface area contributed by atoms with Gasteiger partial charge in [0, 0.05) is 13.3 Å². The van der Waals surface area contributed by atoms with Crippen molar-refractivity contribution >= 4 is 5.91 Å². The van der Waals surface area contributed by atoms with Crippen LogP contribution in [0.15, 0.2) is 41.1 Å². The first-order valence-corrected chi connectivity index (χ1v) is 5.97. The summed E-state index contributed by atoms with van der Waals surface area (Å²) in [5.41, 5.74) is 1.29. The van der Waals surface area contributed by atoms with E-state index in [4.69, 9.17) is 9.15 Å². The minimum absolute atomic E-state index is 0.195. The van der Waals surface area contributed by atoms with Gasteiger partial charge < -0.3 is 14.5 Å². The molecule has 0 fully saturated rings. The molecule has 0 saturated carbocycles. The highest BCUT2D eigenvalue weighted by Crippen LogP contribution is 2.13. The number of aryl methyl sites for hydroxylation is 1. The molecule has 0 bridgehead atoms. The summed E-state index contributed by atoms with van der Waals surface area (Å²) in [6, 6.07) is 6.92.